The molecule has 0 bridgehead atoms. The smallest absolute Gasteiger partial charge is 0.129 e. The van der Waals surface area contributed by atoms with Crippen LogP contribution >= 0.6 is 11.6 Å². The molecule has 0 heterocycles. The second-order valence-corrected chi connectivity index (χ2v) is 4.01. The molecule has 3 heteroatoms. The Morgan fingerprint density at radius 2 is 1.81 bits per heavy atom. The fraction of sp³-hybridized carbons (Fsp3) is 0.0769. The van der Waals surface area contributed by atoms with Crippen LogP contribution in [0, 0.1) is 6.92 Å². The van der Waals surface area contributed by atoms with Crippen molar-refractivity contribution in [1.82, 2.24) is 0 Å². The predicted molar refractivity (Wildman–Crippen MR) is 67.1 cm³/mol. The summed E-state index contributed by atoms with van der Waals surface area (Å²) in [4.78, 5) is 0. The predicted octanol–water partition coefficient (Wildman–Crippen LogP) is 4.02. The van der Waals surface area contributed by atoms with Crippen LogP contribution in [-0.4, -0.2) is 0 Å². The van der Waals surface area contributed by atoms with Gasteiger partial charge in [-0.1, -0.05) is 23.7 Å². The Morgan fingerprint density at radius 3 is 2.50 bits per heavy atom. The molecule has 0 radical (unpaired) electrons. The van der Waals surface area contributed by atoms with E-state index >= 15 is 0 Å². The molecule has 0 aromatic heterocycles. The Balaban J connectivity index is 2.24. The van der Waals surface area contributed by atoms with E-state index in [-0.39, 0.29) is 0 Å². The number of aryl methyl sites for hydroxylation is 1. The van der Waals surface area contributed by atoms with Crippen LogP contribution in [0.15, 0.2) is 42.5 Å². The van der Waals surface area contributed by atoms with Gasteiger partial charge in [0.2, 0.25) is 0 Å². The minimum absolute atomic E-state index is 0.505. The van der Waals surface area contributed by atoms with E-state index in [1.54, 1.807) is 18.2 Å². The average molecular weight is 234 g/mol. The van der Waals surface area contributed by atoms with Gasteiger partial charge in [-0.25, -0.2) is 0 Å². The van der Waals surface area contributed by atoms with E-state index in [9.17, 15) is 0 Å². The van der Waals surface area contributed by atoms with Gasteiger partial charge in [0.15, 0.2) is 0 Å². The van der Waals surface area contributed by atoms with Crippen molar-refractivity contribution in [3.8, 4) is 11.5 Å². The van der Waals surface area contributed by atoms with Gasteiger partial charge in [-0.15, -0.1) is 0 Å². The summed E-state index contributed by atoms with van der Waals surface area (Å²) in [6, 6.07) is 13.1. The molecule has 0 saturated heterocycles. The molecule has 0 saturated carbocycles. The largest absolute Gasteiger partial charge is 0.457 e. The highest BCUT2D eigenvalue weighted by Crippen LogP contribution is 2.28. The van der Waals surface area contributed by atoms with Crippen LogP contribution < -0.4 is 10.5 Å². The van der Waals surface area contributed by atoms with Gasteiger partial charge >= 0.3 is 0 Å². The molecule has 2 aromatic carbocycles. The number of hydrogen-bond acceptors (Lipinski definition) is 2. The molecule has 0 aliphatic carbocycles. The summed E-state index contributed by atoms with van der Waals surface area (Å²) in [7, 11) is 0. The van der Waals surface area contributed by atoms with Gasteiger partial charge in [0.25, 0.3) is 0 Å². The first-order valence-electron chi connectivity index (χ1n) is 4.95. The summed E-state index contributed by atoms with van der Waals surface area (Å²) in [5, 5.41) is 0.505. The van der Waals surface area contributed by atoms with Crippen LogP contribution in [-0.2, 0) is 0 Å². The summed E-state index contributed by atoms with van der Waals surface area (Å²) in [6.07, 6.45) is 0. The van der Waals surface area contributed by atoms with Gasteiger partial charge in [-0.2, -0.15) is 0 Å². The summed E-state index contributed by atoms with van der Waals surface area (Å²) in [5.74, 6) is 1.48. The molecule has 0 unspecified atom stereocenters. The lowest BCUT2D eigenvalue weighted by Crippen LogP contribution is -1.88. The Hall–Kier alpha value is -1.67. The van der Waals surface area contributed by atoms with Crippen molar-refractivity contribution in [2.75, 3.05) is 5.73 Å². The number of nitrogens with two attached hydrogens (primary N) is 1. The zero-order valence-corrected chi connectivity index (χ0v) is 9.66. The number of hydrogen-bond donors (Lipinski definition) is 1. The Morgan fingerprint density at radius 1 is 1.06 bits per heavy atom. The molecule has 0 aliphatic heterocycles. The van der Waals surface area contributed by atoms with E-state index in [1.165, 1.54) is 0 Å². The lowest BCUT2D eigenvalue weighted by molar-refractivity contribution is 0.482. The van der Waals surface area contributed by atoms with Crippen molar-refractivity contribution in [1.29, 1.82) is 0 Å². The van der Waals surface area contributed by atoms with Crippen molar-refractivity contribution in [2.24, 2.45) is 0 Å². The minimum Gasteiger partial charge on any atom is -0.457 e. The number of anilines is 1. The quantitative estimate of drug-likeness (QED) is 0.795. The number of benzene rings is 2. The molecule has 0 fully saturated rings. The highest BCUT2D eigenvalue weighted by molar-refractivity contribution is 6.33. The fourth-order valence-corrected chi connectivity index (χ4v) is 1.56. The lowest BCUT2D eigenvalue weighted by atomic mass is 10.2. The number of ether oxygens (including phenoxy) is 1. The monoisotopic (exact) mass is 233 g/mol. The van der Waals surface area contributed by atoms with Crippen molar-refractivity contribution < 1.29 is 4.74 Å². The third kappa shape index (κ3) is 2.47. The van der Waals surface area contributed by atoms with E-state index < -0.39 is 0 Å². The highest BCUT2D eigenvalue weighted by atomic mass is 35.5. The van der Waals surface area contributed by atoms with Crippen molar-refractivity contribution in [3.63, 3.8) is 0 Å². The number of nitrogen functional groups attached to an aromatic ring is 1. The van der Waals surface area contributed by atoms with Crippen molar-refractivity contribution in [3.05, 3.63) is 53.1 Å². The molecule has 2 rings (SSSR count). The van der Waals surface area contributed by atoms with Gasteiger partial charge < -0.3 is 10.5 Å². The third-order valence-corrected chi connectivity index (χ3v) is 2.52. The standard InChI is InChI=1S/C13H12ClNO/c1-9-3-2-4-10(7-9)16-11-5-6-13(15)12(14)8-11/h2-8H,15H2,1H3. The third-order valence-electron chi connectivity index (χ3n) is 2.20. The molecular weight excluding hydrogens is 222 g/mol. The minimum atomic E-state index is 0.505. The summed E-state index contributed by atoms with van der Waals surface area (Å²) >= 11 is 5.91. The molecule has 0 aliphatic rings. The highest BCUT2D eigenvalue weighted by Gasteiger charge is 2.01. The van der Waals surface area contributed by atoms with Crippen LogP contribution in [0.25, 0.3) is 0 Å². The molecule has 0 spiro atoms. The zero-order valence-electron chi connectivity index (χ0n) is 8.91. The zero-order chi connectivity index (χ0) is 11.5. The van der Waals surface area contributed by atoms with Crippen LogP contribution in [0.3, 0.4) is 0 Å². The van der Waals surface area contributed by atoms with Crippen molar-refractivity contribution in [2.45, 2.75) is 6.92 Å². The maximum atomic E-state index is 5.91. The van der Waals surface area contributed by atoms with E-state index in [4.69, 9.17) is 22.1 Å². The van der Waals surface area contributed by atoms with Gasteiger partial charge in [-0.05, 0) is 36.8 Å². The average Bonchev–Trinajstić information content (AvgIpc) is 2.24. The van der Waals surface area contributed by atoms with E-state index in [0.717, 1.165) is 11.3 Å². The Labute approximate surface area is 99.6 Å². The number of rotatable bonds is 2. The Kier molecular flexibility index (Phi) is 3.02. The second-order valence-electron chi connectivity index (χ2n) is 3.60. The fourth-order valence-electron chi connectivity index (χ4n) is 1.39. The first kappa shape index (κ1) is 10.8. The molecular formula is C13H12ClNO. The topological polar surface area (TPSA) is 35.2 Å². The molecule has 0 amide bonds. The normalized spacial score (nSPS) is 10.1. The van der Waals surface area contributed by atoms with E-state index in [1.807, 2.05) is 31.2 Å². The molecule has 2 aromatic rings. The summed E-state index contributed by atoms with van der Waals surface area (Å²) < 4.78 is 5.65. The molecule has 2 N–H and O–H groups in total. The van der Waals surface area contributed by atoms with Gasteiger partial charge in [0.1, 0.15) is 11.5 Å². The Bertz CT molecular complexity index is 511. The van der Waals surface area contributed by atoms with E-state index in [0.29, 0.717) is 16.5 Å². The van der Waals surface area contributed by atoms with Gasteiger partial charge in [0, 0.05) is 6.07 Å². The van der Waals surface area contributed by atoms with Crippen LogP contribution in [0.2, 0.25) is 5.02 Å². The first-order chi connectivity index (χ1) is 7.65. The molecule has 82 valence electrons. The van der Waals surface area contributed by atoms with Crippen LogP contribution in [0.4, 0.5) is 5.69 Å². The molecule has 2 nitrogen and oxygen atoms in total. The second kappa shape index (κ2) is 4.45. The van der Waals surface area contributed by atoms with Crippen molar-refractivity contribution >= 4 is 17.3 Å². The summed E-state index contributed by atoms with van der Waals surface area (Å²) in [5.41, 5.74) is 7.32. The van der Waals surface area contributed by atoms with Gasteiger partial charge in [0.05, 0.1) is 10.7 Å². The first-order valence-corrected chi connectivity index (χ1v) is 5.32. The maximum Gasteiger partial charge on any atom is 0.129 e. The summed E-state index contributed by atoms with van der Waals surface area (Å²) in [6.45, 7) is 2.02. The number of halogens is 1. The lowest BCUT2D eigenvalue weighted by Gasteiger charge is -2.07. The molecule has 16 heavy (non-hydrogen) atoms. The van der Waals surface area contributed by atoms with Crippen LogP contribution in [0.5, 0.6) is 11.5 Å². The SMILES string of the molecule is Cc1cccc(Oc2ccc(N)c(Cl)c2)c1. The van der Waals surface area contributed by atoms with Crippen LogP contribution in [0.1, 0.15) is 5.56 Å². The molecule has 0 atom stereocenters. The van der Waals surface area contributed by atoms with Gasteiger partial charge in [-0.3, -0.25) is 0 Å². The maximum absolute atomic E-state index is 5.91. The van der Waals surface area contributed by atoms with E-state index in [2.05, 4.69) is 0 Å².